The lowest BCUT2D eigenvalue weighted by atomic mass is 9.92. The smallest absolute Gasteiger partial charge is 0.0409 e. The van der Waals surface area contributed by atoms with Gasteiger partial charge in [-0.15, -0.1) is 11.8 Å². The van der Waals surface area contributed by atoms with E-state index in [-0.39, 0.29) is 0 Å². The van der Waals surface area contributed by atoms with Gasteiger partial charge in [0.1, 0.15) is 0 Å². The van der Waals surface area contributed by atoms with E-state index in [9.17, 15) is 0 Å². The molecule has 1 N–H and O–H groups in total. The highest BCUT2D eigenvalue weighted by atomic mass is 35.5. The van der Waals surface area contributed by atoms with E-state index in [1.54, 1.807) is 0 Å². The molecular weight excluding hydrogens is 226 g/mol. The number of benzene rings is 1. The van der Waals surface area contributed by atoms with Gasteiger partial charge in [0.2, 0.25) is 0 Å². The summed E-state index contributed by atoms with van der Waals surface area (Å²) in [5, 5.41) is 4.31. The third-order valence-corrected chi connectivity index (χ3v) is 3.98. The van der Waals surface area contributed by atoms with Crippen LogP contribution in [-0.2, 0) is 0 Å². The molecule has 15 heavy (non-hydrogen) atoms. The fraction of sp³-hybridized carbons (Fsp3) is 0.500. The van der Waals surface area contributed by atoms with Crippen molar-refractivity contribution < 1.29 is 0 Å². The fourth-order valence-electron chi connectivity index (χ4n) is 2.14. The van der Waals surface area contributed by atoms with E-state index in [2.05, 4.69) is 23.7 Å². The van der Waals surface area contributed by atoms with Crippen LogP contribution < -0.4 is 5.32 Å². The van der Waals surface area contributed by atoms with Crippen LogP contribution in [0.5, 0.6) is 0 Å². The van der Waals surface area contributed by atoms with Crippen LogP contribution in [-0.4, -0.2) is 19.3 Å². The Morgan fingerprint density at radius 1 is 1.47 bits per heavy atom. The first kappa shape index (κ1) is 11.3. The van der Waals surface area contributed by atoms with E-state index in [4.69, 9.17) is 11.6 Å². The van der Waals surface area contributed by atoms with Crippen molar-refractivity contribution in [2.24, 2.45) is 0 Å². The summed E-state index contributed by atoms with van der Waals surface area (Å²) in [6, 6.07) is 6.25. The lowest BCUT2D eigenvalue weighted by Crippen LogP contribution is -2.28. The summed E-state index contributed by atoms with van der Waals surface area (Å²) in [5.74, 6) is 0.639. The minimum Gasteiger partial charge on any atom is -0.316 e. The van der Waals surface area contributed by atoms with Crippen molar-refractivity contribution in [1.82, 2.24) is 5.32 Å². The largest absolute Gasteiger partial charge is 0.316 e. The zero-order valence-electron chi connectivity index (χ0n) is 8.92. The third kappa shape index (κ3) is 2.68. The van der Waals surface area contributed by atoms with Gasteiger partial charge < -0.3 is 5.32 Å². The van der Waals surface area contributed by atoms with Crippen LogP contribution in [0.15, 0.2) is 23.1 Å². The minimum absolute atomic E-state index is 0.639. The highest BCUT2D eigenvalue weighted by Gasteiger charge is 2.18. The molecule has 2 rings (SSSR count). The van der Waals surface area contributed by atoms with Gasteiger partial charge in [-0.2, -0.15) is 0 Å². The first-order valence-corrected chi connectivity index (χ1v) is 6.95. The predicted molar refractivity (Wildman–Crippen MR) is 68.1 cm³/mol. The molecule has 0 spiro atoms. The Bertz CT molecular complexity index is 334. The average Bonchev–Trinajstić information content (AvgIpc) is 2.30. The lowest BCUT2D eigenvalue weighted by Gasteiger charge is -2.25. The summed E-state index contributed by atoms with van der Waals surface area (Å²) in [5.41, 5.74) is 1.42. The monoisotopic (exact) mass is 241 g/mol. The maximum atomic E-state index is 6.06. The van der Waals surface area contributed by atoms with Gasteiger partial charge in [0.05, 0.1) is 0 Å². The van der Waals surface area contributed by atoms with Crippen LogP contribution in [0.4, 0.5) is 0 Å². The topological polar surface area (TPSA) is 12.0 Å². The van der Waals surface area contributed by atoms with Gasteiger partial charge in [-0.3, -0.25) is 0 Å². The van der Waals surface area contributed by atoms with Gasteiger partial charge in [0.25, 0.3) is 0 Å². The predicted octanol–water partition coefficient (Wildman–Crippen LogP) is 3.53. The molecule has 82 valence electrons. The number of piperidine rings is 1. The number of rotatable bonds is 2. The van der Waals surface area contributed by atoms with Crippen LogP contribution in [0.25, 0.3) is 0 Å². The lowest BCUT2D eigenvalue weighted by molar-refractivity contribution is 0.457. The molecule has 1 aromatic rings. The molecule has 1 unspecified atom stereocenters. The molecule has 1 fully saturated rings. The number of hydrogen-bond donors (Lipinski definition) is 1. The molecule has 1 nitrogen and oxygen atoms in total. The van der Waals surface area contributed by atoms with Crippen molar-refractivity contribution in [2.45, 2.75) is 23.7 Å². The van der Waals surface area contributed by atoms with Crippen molar-refractivity contribution >= 4 is 23.4 Å². The molecular formula is C12H16ClNS. The Morgan fingerprint density at radius 2 is 2.33 bits per heavy atom. The number of nitrogens with one attached hydrogen (secondary N) is 1. The molecule has 1 aliphatic heterocycles. The standard InChI is InChI=1S/C12H16ClNS/c1-15-12-5-4-10(13)7-11(12)9-3-2-6-14-8-9/h4-5,7,9,14H,2-3,6,8H2,1H3. The second-order valence-corrected chi connectivity index (χ2v) is 5.21. The van der Waals surface area contributed by atoms with Gasteiger partial charge in [-0.05, 0) is 55.3 Å². The van der Waals surface area contributed by atoms with E-state index in [0.717, 1.165) is 18.1 Å². The third-order valence-electron chi connectivity index (χ3n) is 2.93. The number of hydrogen-bond acceptors (Lipinski definition) is 2. The Hall–Kier alpha value is -0.180. The maximum absolute atomic E-state index is 6.06. The number of halogens is 1. The van der Waals surface area contributed by atoms with Crippen LogP contribution in [0, 0.1) is 0 Å². The summed E-state index contributed by atoms with van der Waals surface area (Å²) < 4.78 is 0. The molecule has 1 aromatic carbocycles. The quantitative estimate of drug-likeness (QED) is 0.796. The zero-order chi connectivity index (χ0) is 10.7. The van der Waals surface area contributed by atoms with Gasteiger partial charge >= 0.3 is 0 Å². The van der Waals surface area contributed by atoms with Crippen molar-refractivity contribution in [3.63, 3.8) is 0 Å². The molecule has 1 atom stereocenters. The summed E-state index contributed by atoms with van der Waals surface area (Å²) >= 11 is 7.87. The van der Waals surface area contributed by atoms with E-state index in [1.165, 1.54) is 23.3 Å². The Balaban J connectivity index is 2.27. The molecule has 1 aliphatic rings. The highest BCUT2D eigenvalue weighted by molar-refractivity contribution is 7.98. The Morgan fingerprint density at radius 3 is 3.00 bits per heavy atom. The maximum Gasteiger partial charge on any atom is 0.0409 e. The molecule has 0 saturated carbocycles. The second kappa shape index (κ2) is 5.24. The minimum atomic E-state index is 0.639. The summed E-state index contributed by atoms with van der Waals surface area (Å²) in [4.78, 5) is 1.37. The second-order valence-electron chi connectivity index (χ2n) is 3.93. The molecule has 3 heteroatoms. The van der Waals surface area contributed by atoms with E-state index in [0.29, 0.717) is 5.92 Å². The normalized spacial score (nSPS) is 21.6. The molecule has 1 heterocycles. The molecule has 0 radical (unpaired) electrons. The molecule has 0 aromatic heterocycles. The summed E-state index contributed by atoms with van der Waals surface area (Å²) in [6.07, 6.45) is 4.68. The summed E-state index contributed by atoms with van der Waals surface area (Å²) in [7, 11) is 0. The molecule has 0 aliphatic carbocycles. The van der Waals surface area contributed by atoms with Crippen molar-refractivity contribution in [3.8, 4) is 0 Å². The van der Waals surface area contributed by atoms with Crippen LogP contribution in [0.2, 0.25) is 5.02 Å². The Labute approximate surface area is 101 Å². The van der Waals surface area contributed by atoms with Gasteiger partial charge in [-0.25, -0.2) is 0 Å². The van der Waals surface area contributed by atoms with E-state index < -0.39 is 0 Å². The fourth-order valence-corrected chi connectivity index (χ4v) is 2.99. The van der Waals surface area contributed by atoms with E-state index in [1.807, 2.05) is 17.8 Å². The van der Waals surface area contributed by atoms with Crippen molar-refractivity contribution in [1.29, 1.82) is 0 Å². The Kier molecular flexibility index (Phi) is 3.95. The SMILES string of the molecule is CSc1ccc(Cl)cc1C1CCCNC1. The zero-order valence-corrected chi connectivity index (χ0v) is 10.5. The molecule has 0 amide bonds. The molecule has 1 saturated heterocycles. The van der Waals surface area contributed by atoms with Gasteiger partial charge in [-0.1, -0.05) is 11.6 Å². The highest BCUT2D eigenvalue weighted by Crippen LogP contribution is 2.33. The van der Waals surface area contributed by atoms with Gasteiger partial charge in [0.15, 0.2) is 0 Å². The average molecular weight is 242 g/mol. The molecule has 0 bridgehead atoms. The van der Waals surface area contributed by atoms with Gasteiger partial charge in [0, 0.05) is 16.5 Å². The summed E-state index contributed by atoms with van der Waals surface area (Å²) in [6.45, 7) is 2.25. The van der Waals surface area contributed by atoms with E-state index >= 15 is 0 Å². The number of thioether (sulfide) groups is 1. The first-order chi connectivity index (χ1) is 7.31. The van der Waals surface area contributed by atoms with Crippen LogP contribution >= 0.6 is 23.4 Å². The van der Waals surface area contributed by atoms with Crippen LogP contribution in [0.1, 0.15) is 24.3 Å². The first-order valence-electron chi connectivity index (χ1n) is 5.35. The van der Waals surface area contributed by atoms with Crippen LogP contribution in [0.3, 0.4) is 0 Å². The van der Waals surface area contributed by atoms with Crippen molar-refractivity contribution in [2.75, 3.05) is 19.3 Å². The van der Waals surface area contributed by atoms with Crippen molar-refractivity contribution in [3.05, 3.63) is 28.8 Å².